The lowest BCUT2D eigenvalue weighted by molar-refractivity contribution is -0.143. The molecule has 362 valence electrons. The van der Waals surface area contributed by atoms with E-state index in [1.165, 1.54) is 0 Å². The third kappa shape index (κ3) is 30.2. The predicted molar refractivity (Wildman–Crippen MR) is 223 cm³/mol. The van der Waals surface area contributed by atoms with Gasteiger partial charge in [0.05, 0.1) is 105 Å². The number of nitrogens with two attached hydrogens (primary N) is 3. The Morgan fingerprint density at radius 2 is 0.984 bits per heavy atom. The standard InChI is InChI=1S/C37H73N8O16P/c1-3-62(2,51)61-31-6-4-30(5-7-31)36(49)44-32(8-9-33(46)41-10-13-52-16-19-55-22-25-58-38)37(50)45(28-34(47)42-11-14-53-17-20-56-23-26-59-39)29-35(48)43-12-15-54-18-21-57-24-27-60-40/h30-32H,3-29,38-40H2,1-2H3,(H,41,46)(H,42,47)(H,43,48)(H,44,49). The second kappa shape index (κ2) is 37.4. The van der Waals surface area contributed by atoms with Crippen molar-refractivity contribution in [2.45, 2.75) is 57.6 Å². The van der Waals surface area contributed by atoms with Gasteiger partial charge in [0.2, 0.25) is 29.5 Å². The molecule has 24 nitrogen and oxygen atoms in total. The van der Waals surface area contributed by atoms with Gasteiger partial charge in [0.25, 0.3) is 0 Å². The van der Waals surface area contributed by atoms with E-state index in [4.69, 9.17) is 50.6 Å². The van der Waals surface area contributed by atoms with Gasteiger partial charge in [-0.3, -0.25) is 28.5 Å². The van der Waals surface area contributed by atoms with Gasteiger partial charge in [-0.05, 0) is 32.1 Å². The van der Waals surface area contributed by atoms with E-state index in [9.17, 15) is 28.5 Å². The van der Waals surface area contributed by atoms with E-state index in [1.54, 1.807) is 13.6 Å². The van der Waals surface area contributed by atoms with Gasteiger partial charge in [-0.15, -0.1) is 0 Å². The fourth-order valence-electron chi connectivity index (χ4n) is 5.70. The number of hydrogen-bond acceptors (Lipinski definition) is 19. The zero-order chi connectivity index (χ0) is 45.7. The molecule has 0 saturated heterocycles. The van der Waals surface area contributed by atoms with E-state index >= 15 is 0 Å². The normalized spacial score (nSPS) is 16.5. The maximum Gasteiger partial charge on any atom is 0.246 e. The van der Waals surface area contributed by atoms with Gasteiger partial charge in [0, 0.05) is 44.8 Å². The van der Waals surface area contributed by atoms with Crippen molar-refractivity contribution in [2.75, 3.05) is 145 Å². The molecule has 0 aliphatic heterocycles. The Hall–Kier alpha value is -2.94. The van der Waals surface area contributed by atoms with Gasteiger partial charge in [0.1, 0.15) is 19.1 Å². The van der Waals surface area contributed by atoms with Crippen LogP contribution in [0.15, 0.2) is 0 Å². The number of hydrogen-bond donors (Lipinski definition) is 7. The van der Waals surface area contributed by atoms with Crippen LogP contribution in [0.25, 0.3) is 0 Å². The zero-order valence-electron chi connectivity index (χ0n) is 36.5. The van der Waals surface area contributed by atoms with Crippen molar-refractivity contribution >= 4 is 36.9 Å². The van der Waals surface area contributed by atoms with Crippen molar-refractivity contribution in [3.63, 3.8) is 0 Å². The Kier molecular flexibility index (Phi) is 34.5. The lowest BCUT2D eigenvalue weighted by atomic mass is 9.86. The lowest BCUT2D eigenvalue weighted by Gasteiger charge is -2.31. The fraction of sp³-hybridized carbons (Fsp3) is 0.865. The summed E-state index contributed by atoms with van der Waals surface area (Å²) in [5.41, 5.74) is 0. The van der Waals surface area contributed by atoms with Gasteiger partial charge in [-0.2, -0.15) is 0 Å². The molecule has 5 amide bonds. The highest BCUT2D eigenvalue weighted by Crippen LogP contribution is 2.46. The van der Waals surface area contributed by atoms with E-state index in [2.05, 4.69) is 35.8 Å². The van der Waals surface area contributed by atoms with Crippen molar-refractivity contribution in [1.82, 2.24) is 26.2 Å². The summed E-state index contributed by atoms with van der Waals surface area (Å²) >= 11 is 0. The van der Waals surface area contributed by atoms with Crippen LogP contribution in [0.2, 0.25) is 0 Å². The molecular weight excluding hydrogens is 843 g/mol. The minimum Gasteiger partial charge on any atom is -0.377 e. The van der Waals surface area contributed by atoms with Crippen LogP contribution in [0.1, 0.15) is 45.4 Å². The maximum atomic E-state index is 14.3. The highest BCUT2D eigenvalue weighted by Gasteiger charge is 2.34. The molecule has 0 aromatic heterocycles. The maximum absolute atomic E-state index is 14.3. The van der Waals surface area contributed by atoms with Crippen LogP contribution >= 0.6 is 7.37 Å². The average Bonchev–Trinajstić information content (AvgIpc) is 3.25. The number of rotatable bonds is 40. The van der Waals surface area contributed by atoms with Gasteiger partial charge in [0.15, 0.2) is 7.37 Å². The number of carbonyl (C=O) groups is 5. The molecule has 1 saturated carbocycles. The Bertz CT molecular complexity index is 1230. The largest absolute Gasteiger partial charge is 0.377 e. The van der Waals surface area contributed by atoms with E-state index in [-0.39, 0.29) is 111 Å². The number of amides is 5. The number of nitrogens with zero attached hydrogens (tertiary/aromatic N) is 1. The molecule has 0 spiro atoms. The topological polar surface area (TPSA) is 324 Å². The summed E-state index contributed by atoms with van der Waals surface area (Å²) in [5.74, 6) is 11.6. The number of ether oxygens (including phenoxy) is 6. The second-order valence-corrected chi connectivity index (χ2v) is 16.9. The first-order valence-corrected chi connectivity index (χ1v) is 23.3. The predicted octanol–water partition coefficient (Wildman–Crippen LogP) is -2.30. The van der Waals surface area contributed by atoms with E-state index in [0.29, 0.717) is 58.3 Å². The molecule has 1 aliphatic carbocycles. The molecule has 2 unspecified atom stereocenters. The van der Waals surface area contributed by atoms with Crippen molar-refractivity contribution in [2.24, 2.45) is 23.6 Å². The Labute approximate surface area is 364 Å². The SMILES string of the molecule is CCP(C)(=O)OC1CCC(C(=O)NC(CCC(=O)NCCOCCOCCON)C(=O)N(CC(=O)NCCOCCOCCON)CC(=O)NCCOCCOCCON)CC1. The van der Waals surface area contributed by atoms with Crippen LogP contribution in [0.4, 0.5) is 0 Å². The zero-order valence-corrected chi connectivity index (χ0v) is 37.4. The highest BCUT2D eigenvalue weighted by atomic mass is 31.2. The molecule has 2 atom stereocenters. The molecule has 0 aromatic rings. The summed E-state index contributed by atoms with van der Waals surface area (Å²) in [7, 11) is -2.74. The first-order chi connectivity index (χ1) is 30.0. The molecule has 0 aromatic carbocycles. The Morgan fingerprint density at radius 1 is 0.597 bits per heavy atom. The Balaban J connectivity index is 3.00. The monoisotopic (exact) mass is 916 g/mol. The van der Waals surface area contributed by atoms with Crippen molar-refractivity contribution in [1.29, 1.82) is 0 Å². The molecule has 25 heteroatoms. The molecule has 1 rings (SSSR count). The molecule has 10 N–H and O–H groups in total. The number of carbonyl (C=O) groups excluding carboxylic acids is 5. The fourth-order valence-corrected chi connectivity index (χ4v) is 6.69. The molecule has 62 heavy (non-hydrogen) atoms. The quantitative estimate of drug-likeness (QED) is 0.0193. The van der Waals surface area contributed by atoms with Gasteiger partial charge >= 0.3 is 0 Å². The third-order valence-corrected chi connectivity index (χ3v) is 11.0. The van der Waals surface area contributed by atoms with Crippen molar-refractivity contribution in [3.05, 3.63) is 0 Å². The molecule has 0 radical (unpaired) electrons. The van der Waals surface area contributed by atoms with E-state index in [1.807, 2.05) is 0 Å². The highest BCUT2D eigenvalue weighted by molar-refractivity contribution is 7.58. The van der Waals surface area contributed by atoms with Crippen LogP contribution in [0.5, 0.6) is 0 Å². The molecule has 0 heterocycles. The number of nitrogens with one attached hydrogen (secondary N) is 4. The van der Waals surface area contributed by atoms with Gasteiger partial charge < -0.3 is 73.6 Å². The van der Waals surface area contributed by atoms with Gasteiger partial charge in [-0.1, -0.05) is 6.92 Å². The lowest BCUT2D eigenvalue weighted by Crippen LogP contribution is -2.54. The van der Waals surface area contributed by atoms with Crippen molar-refractivity contribution < 1.29 is 76.0 Å². The minimum atomic E-state index is -2.74. The van der Waals surface area contributed by atoms with E-state index < -0.39 is 62.0 Å². The Morgan fingerprint density at radius 3 is 1.39 bits per heavy atom. The van der Waals surface area contributed by atoms with Crippen molar-refractivity contribution in [3.8, 4) is 0 Å². The van der Waals surface area contributed by atoms with Crippen LogP contribution in [-0.2, 0) is 76.0 Å². The first kappa shape index (κ1) is 57.1. The molecule has 1 fully saturated rings. The van der Waals surface area contributed by atoms with E-state index in [0.717, 1.165) is 4.90 Å². The minimum absolute atomic E-state index is 0.0950. The molecular formula is C37H73N8O16P. The second-order valence-electron chi connectivity index (χ2n) is 14.0. The third-order valence-electron chi connectivity index (χ3n) is 9.11. The molecule has 0 bridgehead atoms. The summed E-state index contributed by atoms with van der Waals surface area (Å²) in [6, 6.07) is -1.27. The van der Waals surface area contributed by atoms with Crippen LogP contribution in [0.3, 0.4) is 0 Å². The summed E-state index contributed by atoms with van der Waals surface area (Å²) in [6.07, 6.45) is 1.69. The van der Waals surface area contributed by atoms with Crippen LogP contribution < -0.4 is 39.0 Å². The average molecular weight is 917 g/mol. The summed E-state index contributed by atoms with van der Waals surface area (Å²) in [5, 5.41) is 10.9. The first-order valence-electron chi connectivity index (χ1n) is 21.0. The smallest absolute Gasteiger partial charge is 0.246 e. The van der Waals surface area contributed by atoms with Crippen LogP contribution in [-0.4, -0.2) is 191 Å². The summed E-state index contributed by atoms with van der Waals surface area (Å²) in [4.78, 5) is 81.4. The molecule has 1 aliphatic rings. The summed E-state index contributed by atoms with van der Waals surface area (Å²) in [6.45, 7) is 6.44. The van der Waals surface area contributed by atoms with Crippen LogP contribution in [0, 0.1) is 5.92 Å². The van der Waals surface area contributed by atoms with Gasteiger partial charge in [-0.25, -0.2) is 17.7 Å². The summed E-state index contributed by atoms with van der Waals surface area (Å²) < 4.78 is 50.6.